The second-order valence-electron chi connectivity index (χ2n) is 1.97. The van der Waals surface area contributed by atoms with E-state index in [2.05, 4.69) is 44.3 Å². The number of rotatable bonds is 1. The molecule has 2 heterocycles. The van der Waals surface area contributed by atoms with Crippen LogP contribution >= 0.6 is 34.2 Å². The molecule has 0 amide bonds. The molecule has 11 heavy (non-hydrogen) atoms. The molecule has 0 saturated carbocycles. The molecule has 0 bridgehead atoms. The second kappa shape index (κ2) is 3.17. The summed E-state index contributed by atoms with van der Waals surface area (Å²) >= 11 is 4.16. The molecule has 60 valence electrons. The Labute approximate surface area is 92.7 Å². The van der Waals surface area contributed by atoms with Gasteiger partial charge in [0.2, 0.25) is 0 Å². The Balaban J connectivity index is 2.80. The Morgan fingerprint density at radius 3 is 3.27 bits per heavy atom. The van der Waals surface area contributed by atoms with Crippen molar-refractivity contribution in [3.63, 3.8) is 0 Å². The summed E-state index contributed by atoms with van der Waals surface area (Å²) in [6, 6.07) is 2.13. The maximum atomic E-state index is 4.43. The third-order valence-corrected chi connectivity index (χ3v) is 5.17. The van der Waals surface area contributed by atoms with E-state index in [1.165, 1.54) is 13.9 Å². The molecule has 0 atom stereocenters. The normalized spacial score (nSPS) is 11.5. The first-order chi connectivity index (χ1) is 5.33. The average molecular weight is 391 g/mol. The van der Waals surface area contributed by atoms with Crippen LogP contribution in [0.1, 0.15) is 0 Å². The summed E-state index contributed by atoms with van der Waals surface area (Å²) in [5, 5.41) is 6.56. The number of hydrogen-bond donors (Lipinski definition) is 0. The first-order valence-corrected chi connectivity index (χ1v) is 8.03. The van der Waals surface area contributed by atoms with E-state index < -0.39 is 0 Å². The first-order valence-electron chi connectivity index (χ1n) is 2.95. The Morgan fingerprint density at radius 2 is 2.55 bits per heavy atom. The van der Waals surface area contributed by atoms with Gasteiger partial charge in [0.15, 0.2) is 0 Å². The minimum atomic E-state index is 0.128. The van der Waals surface area contributed by atoms with E-state index in [1.54, 1.807) is 11.3 Å². The molecule has 2 nitrogen and oxygen atoms in total. The number of alkyl halides is 1. The average Bonchev–Trinajstić information content (AvgIpc) is 2.54. The van der Waals surface area contributed by atoms with Crippen LogP contribution in [-0.4, -0.2) is 12.9 Å². The van der Waals surface area contributed by atoms with E-state index in [-0.39, 0.29) is 21.2 Å². The van der Waals surface area contributed by atoms with Gasteiger partial charge in [-0.2, -0.15) is 0 Å². The molecule has 0 aliphatic carbocycles. The van der Waals surface area contributed by atoms with Gasteiger partial charge in [0, 0.05) is 0 Å². The van der Waals surface area contributed by atoms with E-state index in [0.717, 1.165) is 0 Å². The first kappa shape index (κ1) is 8.24. The van der Waals surface area contributed by atoms with Crippen molar-refractivity contribution in [2.75, 3.05) is 4.93 Å². The predicted octanol–water partition coefficient (Wildman–Crippen LogP) is -0.816. The van der Waals surface area contributed by atoms with E-state index in [9.17, 15) is 0 Å². The Bertz CT molecular complexity index is 379. The van der Waals surface area contributed by atoms with Crippen LogP contribution in [0.4, 0.5) is 0 Å². The van der Waals surface area contributed by atoms with E-state index >= 15 is 0 Å². The molecule has 2 aromatic heterocycles. The van der Waals surface area contributed by atoms with E-state index in [1.807, 2.05) is 2.90 Å². The fourth-order valence-corrected chi connectivity index (χ4v) is 4.94. The van der Waals surface area contributed by atoms with Crippen molar-refractivity contribution in [3.05, 3.63) is 15.1 Å². The van der Waals surface area contributed by atoms with Gasteiger partial charge in [0.1, 0.15) is 0 Å². The van der Waals surface area contributed by atoms with Crippen molar-refractivity contribution in [1.29, 1.82) is 0 Å². The number of thiophene rings is 1. The molecule has 2 rings (SSSR count). The summed E-state index contributed by atoms with van der Waals surface area (Å²) in [6.45, 7) is 0. The van der Waals surface area contributed by atoms with Crippen LogP contribution in [0.3, 0.4) is 0 Å². The summed E-state index contributed by atoms with van der Waals surface area (Å²) in [6.07, 6.45) is 0. The molecule has 0 aliphatic heterocycles. The minimum absolute atomic E-state index is 0.128. The topological polar surface area (TPSA) is 17.8 Å². The van der Waals surface area contributed by atoms with Crippen molar-refractivity contribution in [2.45, 2.75) is 0 Å². The van der Waals surface area contributed by atoms with Gasteiger partial charge >= 0.3 is 93.7 Å². The zero-order chi connectivity index (χ0) is 7.84. The number of nitrogens with zero attached hydrogens (tertiary/aromatic N) is 2. The Kier molecular flexibility index (Phi) is 2.38. The third-order valence-electron chi connectivity index (χ3n) is 1.39. The van der Waals surface area contributed by atoms with Crippen LogP contribution < -0.4 is 21.2 Å². The molecule has 0 unspecified atom stereocenters. The summed E-state index contributed by atoms with van der Waals surface area (Å²) in [5.41, 5.74) is 1.27. The van der Waals surface area contributed by atoms with Crippen molar-refractivity contribution < 1.29 is 21.2 Å². The molecule has 0 saturated heterocycles. The van der Waals surface area contributed by atoms with Crippen molar-refractivity contribution in [3.8, 4) is 0 Å². The second-order valence-corrected chi connectivity index (χ2v) is 5.91. The fraction of sp³-hybridized carbons (Fsp3) is 0.167. The molecule has 5 heteroatoms. The van der Waals surface area contributed by atoms with Crippen LogP contribution in [0.15, 0.2) is 11.4 Å². The van der Waals surface area contributed by atoms with Crippen LogP contribution in [0.5, 0.6) is 0 Å². The van der Waals surface area contributed by atoms with E-state index in [4.69, 9.17) is 0 Å². The van der Waals surface area contributed by atoms with Gasteiger partial charge in [-0.3, -0.25) is 0 Å². The molecule has 0 radical (unpaired) electrons. The predicted molar refractivity (Wildman–Crippen MR) is 51.6 cm³/mol. The number of halogens is 2. The van der Waals surface area contributed by atoms with Crippen molar-refractivity contribution >= 4 is 44.4 Å². The third kappa shape index (κ3) is 1.31. The Morgan fingerprint density at radius 1 is 1.73 bits per heavy atom. The van der Waals surface area contributed by atoms with Crippen LogP contribution in [0.2, 0.25) is 0 Å². The molecule has 0 N–H and O–H groups in total. The monoisotopic (exact) mass is 391 g/mol. The van der Waals surface area contributed by atoms with Crippen molar-refractivity contribution in [2.24, 2.45) is 0 Å². The SMILES string of the molecule is C[I-]c1nn(I)c2ccsc12. The molecule has 0 fully saturated rings. The summed E-state index contributed by atoms with van der Waals surface area (Å²) in [5.74, 6) is 0. The summed E-state index contributed by atoms with van der Waals surface area (Å²) in [7, 11) is 0. The Hall–Kier alpha value is 0.630. The van der Waals surface area contributed by atoms with Gasteiger partial charge in [-0.05, 0) is 0 Å². The maximum absolute atomic E-state index is 4.43. The number of fused-ring (bicyclic) bond motifs is 1. The molecule has 0 spiro atoms. The molecule has 0 aliphatic rings. The number of hydrogen-bond acceptors (Lipinski definition) is 2. The van der Waals surface area contributed by atoms with Crippen LogP contribution in [0.25, 0.3) is 10.2 Å². The van der Waals surface area contributed by atoms with Gasteiger partial charge in [0.25, 0.3) is 0 Å². The van der Waals surface area contributed by atoms with Crippen molar-refractivity contribution in [1.82, 2.24) is 7.99 Å². The molecular formula is C6H5I2N2S-. The number of aromatic nitrogens is 2. The summed E-state index contributed by atoms with van der Waals surface area (Å²) < 4.78 is 4.65. The molecule has 2 aromatic rings. The van der Waals surface area contributed by atoms with Gasteiger partial charge in [-0.15, -0.1) is 0 Å². The zero-order valence-electron chi connectivity index (χ0n) is 5.71. The van der Waals surface area contributed by atoms with Crippen LogP contribution in [0, 0.1) is 3.70 Å². The summed E-state index contributed by atoms with van der Waals surface area (Å²) in [4.78, 5) is 2.25. The zero-order valence-corrected chi connectivity index (χ0v) is 10.8. The standard InChI is InChI=1S/C6H5I2N2S/c1-8-6-5-4(2-3-11-5)10(7)9-6/h2-3H,1H3/q-1. The fourth-order valence-electron chi connectivity index (χ4n) is 0.902. The van der Waals surface area contributed by atoms with Gasteiger partial charge in [-0.1, -0.05) is 0 Å². The quantitative estimate of drug-likeness (QED) is 0.460. The molecule has 0 aromatic carbocycles. The molecular weight excluding hydrogens is 386 g/mol. The van der Waals surface area contributed by atoms with Gasteiger partial charge in [0.05, 0.1) is 0 Å². The van der Waals surface area contributed by atoms with Crippen LogP contribution in [-0.2, 0) is 0 Å². The van der Waals surface area contributed by atoms with Gasteiger partial charge in [-0.25, -0.2) is 0 Å². The van der Waals surface area contributed by atoms with E-state index in [0.29, 0.717) is 0 Å². The van der Waals surface area contributed by atoms with Gasteiger partial charge < -0.3 is 0 Å².